The molecule has 0 radical (unpaired) electrons. The topological polar surface area (TPSA) is 51.2 Å². The molecule has 0 spiro atoms. The SMILES string of the molecule is CC(Oc1ccc(Cl)cc1Cl)C(=O)Nc1nc(-c2cccs2)cs1. The lowest BCUT2D eigenvalue weighted by Crippen LogP contribution is -2.30. The van der Waals surface area contributed by atoms with Crippen molar-refractivity contribution in [2.75, 3.05) is 5.32 Å². The van der Waals surface area contributed by atoms with Gasteiger partial charge in [-0.05, 0) is 36.6 Å². The molecule has 1 atom stereocenters. The number of nitrogens with zero attached hydrogens (tertiary/aromatic N) is 1. The van der Waals surface area contributed by atoms with Gasteiger partial charge < -0.3 is 4.74 Å². The molecule has 3 aromatic rings. The summed E-state index contributed by atoms with van der Waals surface area (Å²) in [5.74, 6) is 0.107. The van der Waals surface area contributed by atoms with Gasteiger partial charge in [-0.15, -0.1) is 22.7 Å². The number of nitrogens with one attached hydrogen (secondary N) is 1. The van der Waals surface area contributed by atoms with Gasteiger partial charge in [-0.25, -0.2) is 4.98 Å². The molecule has 1 N–H and O–H groups in total. The highest BCUT2D eigenvalue weighted by Gasteiger charge is 2.18. The van der Waals surface area contributed by atoms with Crippen LogP contribution in [0.2, 0.25) is 10.0 Å². The van der Waals surface area contributed by atoms with Crippen LogP contribution in [-0.2, 0) is 4.79 Å². The van der Waals surface area contributed by atoms with Gasteiger partial charge in [0.15, 0.2) is 11.2 Å². The molecule has 2 heterocycles. The predicted molar refractivity (Wildman–Crippen MR) is 101 cm³/mol. The molecule has 1 amide bonds. The third-order valence-corrected chi connectivity index (χ3v) is 5.26. The summed E-state index contributed by atoms with van der Waals surface area (Å²) in [4.78, 5) is 17.7. The molecule has 0 aliphatic carbocycles. The number of carbonyl (C=O) groups excluding carboxylic acids is 1. The first-order valence-corrected chi connectivity index (χ1v) is 9.46. The predicted octanol–water partition coefficient (Wildman–Crippen LogP) is 5.58. The Morgan fingerprint density at radius 3 is 2.83 bits per heavy atom. The summed E-state index contributed by atoms with van der Waals surface area (Å²) in [6.07, 6.45) is -0.724. The highest BCUT2D eigenvalue weighted by Crippen LogP contribution is 2.30. The van der Waals surface area contributed by atoms with Crippen molar-refractivity contribution in [3.05, 3.63) is 51.1 Å². The summed E-state index contributed by atoms with van der Waals surface area (Å²) in [6.45, 7) is 1.65. The molecule has 4 nitrogen and oxygen atoms in total. The van der Waals surface area contributed by atoms with Crippen LogP contribution in [-0.4, -0.2) is 17.0 Å². The lowest BCUT2D eigenvalue weighted by Gasteiger charge is -2.14. The van der Waals surface area contributed by atoms with Crippen molar-refractivity contribution in [1.82, 2.24) is 4.98 Å². The minimum Gasteiger partial charge on any atom is -0.479 e. The van der Waals surface area contributed by atoms with E-state index >= 15 is 0 Å². The lowest BCUT2D eigenvalue weighted by molar-refractivity contribution is -0.122. The highest BCUT2D eigenvalue weighted by atomic mass is 35.5. The summed E-state index contributed by atoms with van der Waals surface area (Å²) < 4.78 is 5.59. The normalized spacial score (nSPS) is 12.0. The number of carbonyl (C=O) groups is 1. The molecule has 1 aromatic carbocycles. The highest BCUT2D eigenvalue weighted by molar-refractivity contribution is 7.16. The molecule has 0 aliphatic heterocycles. The number of hydrogen-bond donors (Lipinski definition) is 1. The first-order valence-electron chi connectivity index (χ1n) is 6.95. The van der Waals surface area contributed by atoms with E-state index in [1.807, 2.05) is 22.9 Å². The van der Waals surface area contributed by atoms with Gasteiger partial charge in [-0.3, -0.25) is 10.1 Å². The number of aromatic nitrogens is 1. The van der Waals surface area contributed by atoms with Crippen LogP contribution in [0, 0.1) is 0 Å². The van der Waals surface area contributed by atoms with Gasteiger partial charge in [0.25, 0.3) is 5.91 Å². The quantitative estimate of drug-likeness (QED) is 0.609. The molecule has 0 bridgehead atoms. The molecular weight excluding hydrogens is 387 g/mol. The standard InChI is InChI=1S/C16H12Cl2N2O2S2/c1-9(22-13-5-4-10(17)7-11(13)18)15(21)20-16-19-12(8-24-16)14-3-2-6-23-14/h2-9H,1H3,(H,19,20,21). The monoisotopic (exact) mass is 398 g/mol. The van der Waals surface area contributed by atoms with E-state index in [1.165, 1.54) is 11.3 Å². The van der Waals surface area contributed by atoms with E-state index in [9.17, 15) is 4.79 Å². The van der Waals surface area contributed by atoms with Crippen molar-refractivity contribution in [2.24, 2.45) is 0 Å². The molecule has 0 saturated carbocycles. The van der Waals surface area contributed by atoms with Crippen molar-refractivity contribution in [3.8, 4) is 16.3 Å². The Morgan fingerprint density at radius 1 is 1.29 bits per heavy atom. The molecule has 24 heavy (non-hydrogen) atoms. The van der Waals surface area contributed by atoms with E-state index in [-0.39, 0.29) is 5.91 Å². The van der Waals surface area contributed by atoms with Gasteiger partial charge in [-0.2, -0.15) is 0 Å². The molecule has 3 rings (SSSR count). The molecule has 2 aromatic heterocycles. The van der Waals surface area contributed by atoms with Crippen LogP contribution in [0.3, 0.4) is 0 Å². The molecular formula is C16H12Cl2N2O2S2. The summed E-state index contributed by atoms with van der Waals surface area (Å²) >= 11 is 14.9. The van der Waals surface area contributed by atoms with Gasteiger partial charge in [0.1, 0.15) is 5.75 Å². The molecule has 124 valence electrons. The Kier molecular flexibility index (Phi) is 5.40. The number of hydrogen-bond acceptors (Lipinski definition) is 5. The van der Waals surface area contributed by atoms with Crippen LogP contribution >= 0.6 is 45.9 Å². The van der Waals surface area contributed by atoms with Crippen LogP contribution < -0.4 is 10.1 Å². The van der Waals surface area contributed by atoms with Crippen molar-refractivity contribution >= 4 is 56.9 Å². The number of rotatable bonds is 5. The zero-order valence-corrected chi connectivity index (χ0v) is 15.6. The third kappa shape index (κ3) is 4.08. The molecule has 8 heteroatoms. The number of thiophene rings is 1. The maximum atomic E-state index is 12.3. The Labute approximate surface area is 157 Å². The zero-order chi connectivity index (χ0) is 17.1. The van der Waals surface area contributed by atoms with Crippen molar-refractivity contribution < 1.29 is 9.53 Å². The lowest BCUT2D eigenvalue weighted by atomic mass is 10.3. The van der Waals surface area contributed by atoms with Gasteiger partial charge in [0, 0.05) is 10.4 Å². The zero-order valence-electron chi connectivity index (χ0n) is 12.5. The maximum absolute atomic E-state index is 12.3. The summed E-state index contributed by atoms with van der Waals surface area (Å²) in [7, 11) is 0. The second-order valence-corrected chi connectivity index (χ2v) is 7.49. The van der Waals surface area contributed by atoms with Gasteiger partial charge in [0.2, 0.25) is 0 Å². The second-order valence-electron chi connectivity index (χ2n) is 4.84. The molecule has 1 unspecified atom stereocenters. The van der Waals surface area contributed by atoms with Crippen molar-refractivity contribution in [2.45, 2.75) is 13.0 Å². The van der Waals surface area contributed by atoms with E-state index in [1.54, 1.807) is 36.5 Å². The van der Waals surface area contributed by atoms with Crippen LogP contribution in [0.1, 0.15) is 6.92 Å². The van der Waals surface area contributed by atoms with Crippen molar-refractivity contribution in [3.63, 3.8) is 0 Å². The van der Waals surface area contributed by atoms with E-state index in [2.05, 4.69) is 10.3 Å². The Balaban J connectivity index is 1.64. The summed E-state index contributed by atoms with van der Waals surface area (Å²) in [5.41, 5.74) is 0.847. The van der Waals surface area contributed by atoms with Gasteiger partial charge >= 0.3 is 0 Å². The van der Waals surface area contributed by atoms with E-state index in [4.69, 9.17) is 27.9 Å². The smallest absolute Gasteiger partial charge is 0.266 e. The second kappa shape index (κ2) is 7.53. The molecule has 0 saturated heterocycles. The molecule has 0 aliphatic rings. The largest absolute Gasteiger partial charge is 0.479 e. The number of benzene rings is 1. The molecule has 0 fully saturated rings. The minimum atomic E-state index is -0.724. The fourth-order valence-corrected chi connectivity index (χ4v) is 3.82. The third-order valence-electron chi connectivity index (χ3n) is 3.07. The number of halogens is 2. The van der Waals surface area contributed by atoms with Crippen molar-refractivity contribution in [1.29, 1.82) is 0 Å². The minimum absolute atomic E-state index is 0.298. The number of ether oxygens (including phenoxy) is 1. The Hall–Kier alpha value is -1.60. The first-order chi connectivity index (χ1) is 11.5. The summed E-state index contributed by atoms with van der Waals surface area (Å²) in [5, 5.41) is 8.04. The van der Waals surface area contributed by atoms with Crippen LogP contribution in [0.5, 0.6) is 5.75 Å². The van der Waals surface area contributed by atoms with Crippen LogP contribution in [0.15, 0.2) is 41.1 Å². The van der Waals surface area contributed by atoms with E-state index < -0.39 is 6.10 Å². The average molecular weight is 399 g/mol. The number of thiazole rings is 1. The Morgan fingerprint density at radius 2 is 2.12 bits per heavy atom. The van der Waals surface area contributed by atoms with Crippen LogP contribution in [0.25, 0.3) is 10.6 Å². The van der Waals surface area contributed by atoms with E-state index in [0.29, 0.717) is 20.9 Å². The average Bonchev–Trinajstić information content (AvgIpc) is 3.20. The van der Waals surface area contributed by atoms with Crippen LogP contribution in [0.4, 0.5) is 5.13 Å². The first kappa shape index (κ1) is 17.2. The maximum Gasteiger partial charge on any atom is 0.266 e. The van der Waals surface area contributed by atoms with E-state index in [0.717, 1.165) is 10.6 Å². The van der Waals surface area contributed by atoms with Gasteiger partial charge in [0.05, 0.1) is 15.6 Å². The van der Waals surface area contributed by atoms with Gasteiger partial charge in [-0.1, -0.05) is 29.3 Å². The number of amides is 1. The summed E-state index contributed by atoms with van der Waals surface area (Å²) in [6, 6.07) is 8.80. The fraction of sp³-hybridized carbons (Fsp3) is 0.125. The fourth-order valence-electron chi connectivity index (χ4n) is 1.89. The Bertz CT molecular complexity index is 850. The number of anilines is 1.